The maximum absolute atomic E-state index is 11.9. The van der Waals surface area contributed by atoms with E-state index in [9.17, 15) is 14.4 Å². The molecule has 104 valence electrons. The van der Waals surface area contributed by atoms with Gasteiger partial charge < -0.3 is 10.4 Å². The minimum absolute atomic E-state index is 0.123. The number of hydrazone groups is 1. The van der Waals surface area contributed by atoms with E-state index in [-0.39, 0.29) is 30.5 Å². The largest absolute Gasteiger partial charge is 0.481 e. The summed E-state index contributed by atoms with van der Waals surface area (Å²) < 4.78 is 0. The maximum Gasteiger partial charge on any atom is 0.311 e. The third-order valence-corrected chi connectivity index (χ3v) is 3.82. The first-order chi connectivity index (χ1) is 8.94. The molecule has 1 aliphatic carbocycles. The summed E-state index contributed by atoms with van der Waals surface area (Å²) in [5.74, 6) is -1.37. The van der Waals surface area contributed by atoms with Crippen molar-refractivity contribution in [1.29, 1.82) is 0 Å². The molecule has 0 aromatic carbocycles. The lowest BCUT2D eigenvalue weighted by Crippen LogP contribution is -2.49. The van der Waals surface area contributed by atoms with Gasteiger partial charge >= 0.3 is 5.97 Å². The molecule has 0 aromatic rings. The van der Waals surface area contributed by atoms with E-state index in [2.05, 4.69) is 10.4 Å². The lowest BCUT2D eigenvalue weighted by atomic mass is 9.69. The molecular weight excluding hydrogens is 250 g/mol. The monoisotopic (exact) mass is 267 g/mol. The minimum Gasteiger partial charge on any atom is -0.481 e. The van der Waals surface area contributed by atoms with Gasteiger partial charge in [-0.1, -0.05) is 6.42 Å². The summed E-state index contributed by atoms with van der Waals surface area (Å²) in [7, 11) is 1.50. The zero-order chi connectivity index (χ0) is 14.0. The van der Waals surface area contributed by atoms with Gasteiger partial charge in [-0.15, -0.1) is 0 Å². The molecule has 2 aliphatic rings. The van der Waals surface area contributed by atoms with Crippen LogP contribution in [0.1, 0.15) is 32.1 Å². The smallest absolute Gasteiger partial charge is 0.311 e. The number of carboxylic acid groups (broad SMARTS) is 1. The van der Waals surface area contributed by atoms with Crippen molar-refractivity contribution in [2.75, 3.05) is 13.6 Å². The molecular formula is C12H17N3O4. The number of carboxylic acids is 1. The highest BCUT2D eigenvalue weighted by atomic mass is 16.4. The average Bonchev–Trinajstić information content (AvgIpc) is 2.30. The Bertz CT molecular complexity index is 454. The summed E-state index contributed by atoms with van der Waals surface area (Å²) in [5.41, 5.74) is -0.533. The number of carbonyl (C=O) groups is 3. The molecule has 7 nitrogen and oxygen atoms in total. The van der Waals surface area contributed by atoms with Crippen LogP contribution in [0.3, 0.4) is 0 Å². The first kappa shape index (κ1) is 13.5. The van der Waals surface area contributed by atoms with E-state index >= 15 is 0 Å². The molecule has 1 heterocycles. The minimum atomic E-state index is -0.864. The number of aliphatic carboxylic acids is 1. The first-order valence-electron chi connectivity index (χ1n) is 6.30. The molecule has 2 rings (SSSR count). The number of amides is 2. The fraction of sp³-hybridized carbons (Fsp3) is 0.667. The number of carbonyl (C=O) groups excluding carboxylic acids is 2. The fourth-order valence-electron chi connectivity index (χ4n) is 2.25. The van der Waals surface area contributed by atoms with E-state index in [1.54, 1.807) is 0 Å². The molecule has 0 aromatic heterocycles. The highest BCUT2D eigenvalue weighted by molar-refractivity contribution is 6.39. The fourth-order valence-corrected chi connectivity index (χ4v) is 2.25. The molecule has 0 bridgehead atoms. The van der Waals surface area contributed by atoms with Crippen LogP contribution in [-0.4, -0.2) is 47.2 Å². The van der Waals surface area contributed by atoms with Gasteiger partial charge in [0, 0.05) is 26.4 Å². The normalized spacial score (nSPS) is 21.4. The SMILES string of the molecule is CN1N=C(C(=O)NCC2(C(=O)O)CCC2)CCC1=O. The van der Waals surface area contributed by atoms with Crippen LogP contribution in [0.25, 0.3) is 0 Å². The molecule has 2 N–H and O–H groups in total. The van der Waals surface area contributed by atoms with E-state index in [0.717, 1.165) is 11.4 Å². The van der Waals surface area contributed by atoms with Gasteiger partial charge in [-0.05, 0) is 12.8 Å². The molecule has 1 fully saturated rings. The van der Waals surface area contributed by atoms with E-state index in [4.69, 9.17) is 5.11 Å². The van der Waals surface area contributed by atoms with Gasteiger partial charge in [-0.25, -0.2) is 5.01 Å². The maximum atomic E-state index is 11.9. The van der Waals surface area contributed by atoms with Crippen molar-refractivity contribution in [1.82, 2.24) is 10.3 Å². The Hall–Kier alpha value is -1.92. The zero-order valence-corrected chi connectivity index (χ0v) is 10.8. The second-order valence-electron chi connectivity index (χ2n) is 5.09. The van der Waals surface area contributed by atoms with Crippen LogP contribution in [0.4, 0.5) is 0 Å². The summed E-state index contributed by atoms with van der Waals surface area (Å²) >= 11 is 0. The van der Waals surface area contributed by atoms with Crippen molar-refractivity contribution in [3.8, 4) is 0 Å². The molecule has 19 heavy (non-hydrogen) atoms. The van der Waals surface area contributed by atoms with Crippen molar-refractivity contribution in [3.63, 3.8) is 0 Å². The summed E-state index contributed by atoms with van der Waals surface area (Å²) in [5, 5.41) is 16.8. The third kappa shape index (κ3) is 2.59. The molecule has 0 atom stereocenters. The van der Waals surface area contributed by atoms with Crippen LogP contribution in [-0.2, 0) is 14.4 Å². The van der Waals surface area contributed by atoms with Crippen LogP contribution >= 0.6 is 0 Å². The first-order valence-corrected chi connectivity index (χ1v) is 6.30. The number of nitrogens with one attached hydrogen (secondary N) is 1. The predicted molar refractivity (Wildman–Crippen MR) is 66.4 cm³/mol. The highest BCUT2D eigenvalue weighted by Gasteiger charge is 2.44. The van der Waals surface area contributed by atoms with Gasteiger partial charge in [0.15, 0.2) is 0 Å². The predicted octanol–water partition coefficient (Wildman–Crippen LogP) is -0.0343. The number of hydrogen-bond acceptors (Lipinski definition) is 4. The second-order valence-corrected chi connectivity index (χ2v) is 5.09. The van der Waals surface area contributed by atoms with Gasteiger partial charge in [0.25, 0.3) is 5.91 Å². The van der Waals surface area contributed by atoms with Crippen LogP contribution in [0.2, 0.25) is 0 Å². The summed E-state index contributed by atoms with van der Waals surface area (Å²) in [4.78, 5) is 34.3. The molecule has 2 amide bonds. The quantitative estimate of drug-likeness (QED) is 0.747. The molecule has 0 spiro atoms. The molecule has 0 radical (unpaired) electrons. The topological polar surface area (TPSA) is 99.1 Å². The molecule has 1 saturated carbocycles. The van der Waals surface area contributed by atoms with Crippen molar-refractivity contribution >= 4 is 23.5 Å². The highest BCUT2D eigenvalue weighted by Crippen LogP contribution is 2.40. The van der Waals surface area contributed by atoms with Gasteiger partial charge in [0.2, 0.25) is 5.91 Å². The van der Waals surface area contributed by atoms with Gasteiger partial charge in [0.05, 0.1) is 5.41 Å². The second kappa shape index (κ2) is 4.99. The van der Waals surface area contributed by atoms with Crippen molar-refractivity contribution in [2.45, 2.75) is 32.1 Å². The number of nitrogens with zero attached hydrogens (tertiary/aromatic N) is 2. The van der Waals surface area contributed by atoms with Crippen LogP contribution in [0, 0.1) is 5.41 Å². The number of rotatable bonds is 4. The Morgan fingerprint density at radius 3 is 2.58 bits per heavy atom. The van der Waals surface area contributed by atoms with E-state index in [0.29, 0.717) is 19.3 Å². The summed E-state index contributed by atoms with van der Waals surface area (Å²) in [6, 6.07) is 0. The van der Waals surface area contributed by atoms with Gasteiger partial charge in [-0.3, -0.25) is 14.4 Å². The van der Waals surface area contributed by atoms with E-state index in [1.807, 2.05) is 0 Å². The van der Waals surface area contributed by atoms with Gasteiger partial charge in [-0.2, -0.15) is 5.10 Å². The standard InChI is InChI=1S/C12H17N3O4/c1-15-9(16)4-3-8(14-15)10(17)13-7-12(11(18)19)5-2-6-12/h2-7H2,1H3,(H,13,17)(H,18,19). The van der Waals surface area contributed by atoms with Crippen molar-refractivity contribution < 1.29 is 19.5 Å². The Labute approximate surface area is 110 Å². The Morgan fingerprint density at radius 1 is 1.42 bits per heavy atom. The molecule has 0 unspecified atom stereocenters. The van der Waals surface area contributed by atoms with E-state index in [1.165, 1.54) is 7.05 Å². The third-order valence-electron chi connectivity index (χ3n) is 3.82. The summed E-state index contributed by atoms with van der Waals surface area (Å²) in [6.45, 7) is 0.123. The van der Waals surface area contributed by atoms with E-state index < -0.39 is 11.4 Å². The zero-order valence-electron chi connectivity index (χ0n) is 10.8. The Kier molecular flexibility index (Phi) is 3.55. The van der Waals surface area contributed by atoms with Crippen LogP contribution in [0.5, 0.6) is 0 Å². The lowest BCUT2D eigenvalue weighted by molar-refractivity contribution is -0.154. The van der Waals surface area contributed by atoms with Crippen LogP contribution in [0.15, 0.2) is 5.10 Å². The number of hydrogen-bond donors (Lipinski definition) is 2. The Morgan fingerprint density at radius 2 is 2.11 bits per heavy atom. The molecule has 7 heteroatoms. The lowest BCUT2D eigenvalue weighted by Gasteiger charge is -2.37. The molecule has 1 aliphatic heterocycles. The summed E-state index contributed by atoms with van der Waals surface area (Å²) in [6.07, 6.45) is 2.61. The van der Waals surface area contributed by atoms with Gasteiger partial charge in [0.1, 0.15) is 5.71 Å². The van der Waals surface area contributed by atoms with Crippen molar-refractivity contribution in [3.05, 3.63) is 0 Å². The van der Waals surface area contributed by atoms with Crippen molar-refractivity contribution in [2.24, 2.45) is 10.5 Å². The average molecular weight is 267 g/mol. The Balaban J connectivity index is 1.93. The van der Waals surface area contributed by atoms with Crippen LogP contribution < -0.4 is 5.32 Å². The molecule has 0 saturated heterocycles.